The van der Waals surface area contributed by atoms with Crippen LogP contribution < -0.4 is 25.1 Å². The summed E-state index contributed by atoms with van der Waals surface area (Å²) in [6.45, 7) is 2.25. The smallest absolute Gasteiger partial charge is 0.277 e. The van der Waals surface area contributed by atoms with Gasteiger partial charge in [0.05, 0.1) is 30.0 Å². The SMILES string of the molecule is COc1cc(-c2cn(C)c(=O)c3ncsc23)cc(OC)c1CN1CC(Oc2ccc3c(c2)C(=O)N(C2CCC(=O)NC2=O)C3)C1. The number of thiazole rings is 1. The number of fused-ring (bicyclic) bond motifs is 2. The highest BCUT2D eigenvalue weighted by molar-refractivity contribution is 7.17. The lowest BCUT2D eigenvalue weighted by atomic mass is 10.0. The summed E-state index contributed by atoms with van der Waals surface area (Å²) in [6, 6.07) is 8.75. The number of carbonyl (C=O) groups excluding carboxylic acids is 3. The molecule has 2 saturated heterocycles. The summed E-state index contributed by atoms with van der Waals surface area (Å²) in [6.07, 6.45) is 2.30. The van der Waals surface area contributed by atoms with Crippen LogP contribution in [0, 0.1) is 0 Å². The summed E-state index contributed by atoms with van der Waals surface area (Å²) in [7, 11) is 4.97. The predicted octanol–water partition coefficient (Wildman–Crippen LogP) is 2.70. The number of aryl methyl sites for hydroxylation is 1. The predicted molar refractivity (Wildman–Crippen MR) is 166 cm³/mol. The van der Waals surface area contributed by atoms with Gasteiger partial charge in [-0.1, -0.05) is 6.07 Å². The molecule has 232 valence electrons. The maximum absolute atomic E-state index is 13.2. The second-order valence-corrected chi connectivity index (χ2v) is 12.4. The van der Waals surface area contributed by atoms with Gasteiger partial charge in [0.1, 0.15) is 34.9 Å². The third kappa shape index (κ3) is 5.11. The zero-order chi connectivity index (χ0) is 31.4. The maximum atomic E-state index is 13.2. The van der Waals surface area contributed by atoms with Crippen LogP contribution in [0.2, 0.25) is 0 Å². The third-order valence-corrected chi connectivity index (χ3v) is 9.54. The number of nitrogens with zero attached hydrogens (tertiary/aromatic N) is 4. The van der Waals surface area contributed by atoms with Crippen molar-refractivity contribution in [1.82, 2.24) is 24.7 Å². The van der Waals surface area contributed by atoms with Crippen molar-refractivity contribution in [1.29, 1.82) is 0 Å². The van der Waals surface area contributed by atoms with Crippen molar-refractivity contribution in [2.45, 2.75) is 38.1 Å². The molecule has 7 rings (SSSR count). The van der Waals surface area contributed by atoms with Crippen LogP contribution in [0.1, 0.15) is 34.3 Å². The number of piperidine rings is 1. The van der Waals surface area contributed by atoms with Crippen LogP contribution >= 0.6 is 11.3 Å². The average molecular weight is 630 g/mol. The molecule has 45 heavy (non-hydrogen) atoms. The van der Waals surface area contributed by atoms with Crippen molar-refractivity contribution in [3.8, 4) is 28.4 Å². The van der Waals surface area contributed by atoms with E-state index >= 15 is 0 Å². The minimum absolute atomic E-state index is 0.0627. The minimum atomic E-state index is -0.648. The van der Waals surface area contributed by atoms with Crippen LogP contribution in [-0.2, 0) is 29.7 Å². The van der Waals surface area contributed by atoms with E-state index in [9.17, 15) is 19.2 Å². The van der Waals surface area contributed by atoms with Crippen molar-refractivity contribution in [2.75, 3.05) is 27.3 Å². The molecule has 1 N–H and O–H groups in total. The lowest BCUT2D eigenvalue weighted by molar-refractivity contribution is -0.136. The zero-order valence-electron chi connectivity index (χ0n) is 25.0. The molecule has 2 aromatic heterocycles. The molecule has 3 amide bonds. The van der Waals surface area contributed by atoms with Crippen molar-refractivity contribution in [3.63, 3.8) is 0 Å². The van der Waals surface area contributed by atoms with Gasteiger partial charge in [-0.15, -0.1) is 11.3 Å². The highest BCUT2D eigenvalue weighted by Gasteiger charge is 2.39. The summed E-state index contributed by atoms with van der Waals surface area (Å²) in [5.41, 5.74) is 5.99. The number of imide groups is 1. The second-order valence-electron chi connectivity index (χ2n) is 11.5. The number of nitrogens with one attached hydrogen (secondary N) is 1. The van der Waals surface area contributed by atoms with Gasteiger partial charge in [-0.25, -0.2) is 4.98 Å². The van der Waals surface area contributed by atoms with Gasteiger partial charge < -0.3 is 23.7 Å². The average Bonchev–Trinajstić information content (AvgIpc) is 3.63. The number of hydrogen-bond donors (Lipinski definition) is 1. The van der Waals surface area contributed by atoms with Crippen LogP contribution in [-0.4, -0.2) is 76.5 Å². The fourth-order valence-corrected chi connectivity index (χ4v) is 7.13. The van der Waals surface area contributed by atoms with E-state index in [1.807, 2.05) is 30.5 Å². The number of aromatic nitrogens is 2. The van der Waals surface area contributed by atoms with E-state index < -0.39 is 11.9 Å². The largest absolute Gasteiger partial charge is 0.496 e. The van der Waals surface area contributed by atoms with Crippen molar-refractivity contribution < 1.29 is 28.6 Å². The maximum Gasteiger partial charge on any atom is 0.277 e. The van der Waals surface area contributed by atoms with E-state index in [1.54, 1.807) is 32.8 Å². The number of amides is 3. The fraction of sp³-hybridized carbons (Fsp3) is 0.344. The van der Waals surface area contributed by atoms with Crippen molar-refractivity contribution in [3.05, 3.63) is 69.1 Å². The van der Waals surface area contributed by atoms with E-state index in [-0.39, 0.29) is 29.9 Å². The molecule has 0 aliphatic carbocycles. The van der Waals surface area contributed by atoms with Gasteiger partial charge in [-0.2, -0.15) is 0 Å². The summed E-state index contributed by atoms with van der Waals surface area (Å²) in [5, 5.41) is 2.33. The Labute approximate surface area is 262 Å². The first-order valence-electron chi connectivity index (χ1n) is 14.6. The minimum Gasteiger partial charge on any atom is -0.496 e. The Balaban J connectivity index is 1.03. The van der Waals surface area contributed by atoms with Crippen LogP contribution in [0.15, 0.2) is 46.8 Å². The Morgan fingerprint density at radius 1 is 1.02 bits per heavy atom. The summed E-state index contributed by atoms with van der Waals surface area (Å²) >= 11 is 1.42. The molecule has 2 fully saturated rings. The number of hydrogen-bond acceptors (Lipinski definition) is 10. The number of benzene rings is 2. The quantitative estimate of drug-likeness (QED) is 0.292. The molecular weight excluding hydrogens is 598 g/mol. The molecule has 1 atom stereocenters. The molecule has 0 saturated carbocycles. The molecule has 4 aromatic rings. The molecule has 0 radical (unpaired) electrons. The summed E-state index contributed by atoms with van der Waals surface area (Å²) in [5.74, 6) is 0.999. The molecule has 1 unspecified atom stereocenters. The topological polar surface area (TPSA) is 132 Å². The number of pyridine rings is 1. The van der Waals surface area contributed by atoms with E-state index in [1.165, 1.54) is 20.8 Å². The van der Waals surface area contributed by atoms with Crippen molar-refractivity contribution in [2.24, 2.45) is 7.05 Å². The Morgan fingerprint density at radius 2 is 1.78 bits per heavy atom. The monoisotopic (exact) mass is 629 g/mol. The first-order valence-corrected chi connectivity index (χ1v) is 15.5. The van der Waals surface area contributed by atoms with Crippen LogP contribution in [0.3, 0.4) is 0 Å². The van der Waals surface area contributed by atoms with Gasteiger partial charge in [-0.05, 0) is 41.8 Å². The summed E-state index contributed by atoms with van der Waals surface area (Å²) < 4.78 is 20.2. The number of likely N-dealkylation sites (tertiary alicyclic amines) is 1. The fourth-order valence-electron chi connectivity index (χ4n) is 6.32. The molecule has 0 bridgehead atoms. The second kappa shape index (κ2) is 11.3. The van der Waals surface area contributed by atoms with Gasteiger partial charge >= 0.3 is 0 Å². The molecule has 2 aromatic carbocycles. The van der Waals surface area contributed by atoms with Gasteiger partial charge in [0.25, 0.3) is 11.5 Å². The van der Waals surface area contributed by atoms with Crippen LogP contribution in [0.25, 0.3) is 21.3 Å². The lowest BCUT2D eigenvalue weighted by Crippen LogP contribution is -2.53. The molecule has 13 heteroatoms. The van der Waals surface area contributed by atoms with E-state index in [4.69, 9.17) is 14.2 Å². The Bertz CT molecular complexity index is 1900. The van der Waals surface area contributed by atoms with Crippen LogP contribution in [0.4, 0.5) is 0 Å². The highest BCUT2D eigenvalue weighted by Crippen LogP contribution is 2.39. The molecule has 5 heterocycles. The molecule has 12 nitrogen and oxygen atoms in total. The zero-order valence-corrected chi connectivity index (χ0v) is 25.8. The highest BCUT2D eigenvalue weighted by atomic mass is 32.1. The van der Waals surface area contributed by atoms with Gasteiger partial charge in [0, 0.05) is 57.0 Å². The third-order valence-electron chi connectivity index (χ3n) is 8.68. The standard InChI is InChI=1S/C32H31N5O7S/c1-35-14-22(29-28(32(35)41)33-16-45-29)18-8-25(42-2)23(26(9-18)43-3)15-36-12-20(13-36)44-19-5-4-17-11-37(31(40)21(17)10-19)24-6-7-27(38)34-30(24)39/h4-5,8-10,14,16,20,24H,6-7,11-13,15H2,1-3H3,(H,34,38,39). The Kier molecular flexibility index (Phi) is 7.29. The van der Waals surface area contributed by atoms with E-state index in [0.29, 0.717) is 60.9 Å². The van der Waals surface area contributed by atoms with Gasteiger partial charge in [0.2, 0.25) is 11.8 Å². The first kappa shape index (κ1) is 29.0. The van der Waals surface area contributed by atoms with Crippen LogP contribution in [0.5, 0.6) is 17.2 Å². The first-order chi connectivity index (χ1) is 21.7. The summed E-state index contributed by atoms with van der Waals surface area (Å²) in [4.78, 5) is 57.6. The number of carbonyl (C=O) groups is 3. The molecule has 3 aliphatic heterocycles. The van der Waals surface area contributed by atoms with Gasteiger partial charge in [-0.3, -0.25) is 29.4 Å². The van der Waals surface area contributed by atoms with Gasteiger partial charge in [0.15, 0.2) is 0 Å². The molecular formula is C32H31N5O7S. The van der Waals surface area contributed by atoms with E-state index in [0.717, 1.165) is 27.0 Å². The normalized spacial score (nSPS) is 18.6. The van der Waals surface area contributed by atoms with E-state index in [2.05, 4.69) is 15.2 Å². The number of methoxy groups -OCH3 is 2. The molecule has 3 aliphatic rings. The Morgan fingerprint density at radius 3 is 2.49 bits per heavy atom. The lowest BCUT2D eigenvalue weighted by Gasteiger charge is -2.39. The number of ether oxygens (including phenoxy) is 3. The Hall–Kier alpha value is -4.75. The van der Waals surface area contributed by atoms with Crippen molar-refractivity contribution >= 4 is 39.3 Å². The molecule has 0 spiro atoms. The number of rotatable bonds is 8.